The molecule has 3 unspecified atom stereocenters. The zero-order valence-corrected chi connectivity index (χ0v) is 15.3. The van der Waals surface area contributed by atoms with Crippen molar-refractivity contribution < 1.29 is 19.0 Å². The summed E-state index contributed by atoms with van der Waals surface area (Å²) in [5.41, 5.74) is 2.38. The summed E-state index contributed by atoms with van der Waals surface area (Å²) in [5, 5.41) is 10.0. The highest BCUT2D eigenvalue weighted by Crippen LogP contribution is 2.27. The van der Waals surface area contributed by atoms with Crippen LogP contribution in [-0.4, -0.2) is 49.6 Å². The number of aromatic amines is 1. The number of nitrogens with zero attached hydrogens (tertiary/aromatic N) is 1. The van der Waals surface area contributed by atoms with Crippen LogP contribution in [0.25, 0.3) is 0 Å². The lowest BCUT2D eigenvalue weighted by Crippen LogP contribution is -2.38. The van der Waals surface area contributed by atoms with Gasteiger partial charge in [-0.2, -0.15) is 5.10 Å². The Balaban J connectivity index is 1.70. The maximum absolute atomic E-state index is 12.8. The molecule has 2 aromatic rings. The smallest absolute Gasteiger partial charge is 0.255 e. The van der Waals surface area contributed by atoms with Gasteiger partial charge in [-0.25, -0.2) is 0 Å². The number of ether oxygens (including phenoxy) is 3. The van der Waals surface area contributed by atoms with E-state index in [4.69, 9.17) is 14.2 Å². The summed E-state index contributed by atoms with van der Waals surface area (Å²) < 4.78 is 16.2. The average Bonchev–Trinajstić information content (AvgIpc) is 3.34. The standard InChI is InChI=1S/C19H25N3O4/c1-12(18(25-3)13-4-6-15(24-2)7-5-13)21-19(23)16-10-20-22-17(16)14-8-9-26-11-14/h4-7,10,12,14,18H,8-9,11H2,1-3H3,(H,20,22)(H,21,23). The summed E-state index contributed by atoms with van der Waals surface area (Å²) in [6.07, 6.45) is 2.20. The van der Waals surface area contributed by atoms with Crippen LogP contribution in [0.15, 0.2) is 30.5 Å². The van der Waals surface area contributed by atoms with E-state index in [1.54, 1.807) is 20.4 Å². The summed E-state index contributed by atoms with van der Waals surface area (Å²) in [7, 11) is 3.26. The molecule has 0 spiro atoms. The molecule has 1 aromatic heterocycles. The minimum Gasteiger partial charge on any atom is -0.497 e. The summed E-state index contributed by atoms with van der Waals surface area (Å²) in [5.74, 6) is 0.805. The molecular formula is C19H25N3O4. The zero-order valence-electron chi connectivity index (χ0n) is 15.3. The molecule has 1 amide bonds. The molecule has 0 radical (unpaired) electrons. The lowest BCUT2D eigenvalue weighted by atomic mass is 9.99. The third kappa shape index (κ3) is 3.89. The van der Waals surface area contributed by atoms with Crippen molar-refractivity contribution in [2.24, 2.45) is 0 Å². The highest BCUT2D eigenvalue weighted by atomic mass is 16.5. The molecule has 2 N–H and O–H groups in total. The number of benzene rings is 1. The highest BCUT2D eigenvalue weighted by molar-refractivity contribution is 5.95. The number of rotatable bonds is 7. The van der Waals surface area contributed by atoms with Gasteiger partial charge in [-0.05, 0) is 31.0 Å². The van der Waals surface area contributed by atoms with Gasteiger partial charge in [-0.3, -0.25) is 9.89 Å². The topological polar surface area (TPSA) is 85.5 Å². The van der Waals surface area contributed by atoms with Gasteiger partial charge in [-0.1, -0.05) is 12.1 Å². The number of methoxy groups -OCH3 is 2. The third-order valence-corrected chi connectivity index (χ3v) is 4.76. The van der Waals surface area contributed by atoms with Gasteiger partial charge in [0.2, 0.25) is 0 Å². The summed E-state index contributed by atoms with van der Waals surface area (Å²) in [4.78, 5) is 12.8. The average molecular weight is 359 g/mol. The quantitative estimate of drug-likeness (QED) is 0.793. The van der Waals surface area contributed by atoms with E-state index in [1.165, 1.54) is 0 Å². The molecule has 2 heterocycles. The van der Waals surface area contributed by atoms with Crippen LogP contribution in [0.1, 0.15) is 47.0 Å². The number of aromatic nitrogens is 2. The number of nitrogens with one attached hydrogen (secondary N) is 2. The Kier molecular flexibility index (Phi) is 5.90. The summed E-state index contributed by atoms with van der Waals surface area (Å²) >= 11 is 0. The van der Waals surface area contributed by atoms with Crippen molar-refractivity contribution in [3.05, 3.63) is 47.3 Å². The van der Waals surface area contributed by atoms with E-state index in [9.17, 15) is 4.79 Å². The van der Waals surface area contributed by atoms with Gasteiger partial charge in [0.25, 0.3) is 5.91 Å². The number of carbonyl (C=O) groups is 1. The Morgan fingerprint density at radius 1 is 1.35 bits per heavy atom. The number of hydrogen-bond donors (Lipinski definition) is 2. The molecule has 7 heteroatoms. The maximum atomic E-state index is 12.8. The third-order valence-electron chi connectivity index (χ3n) is 4.76. The van der Waals surface area contributed by atoms with E-state index in [0.29, 0.717) is 18.8 Å². The molecule has 0 aliphatic carbocycles. The van der Waals surface area contributed by atoms with Gasteiger partial charge in [-0.15, -0.1) is 0 Å². The Morgan fingerprint density at radius 2 is 2.12 bits per heavy atom. The normalized spacial score (nSPS) is 19.1. The lowest BCUT2D eigenvalue weighted by molar-refractivity contribution is 0.0644. The second-order valence-corrected chi connectivity index (χ2v) is 6.45. The van der Waals surface area contributed by atoms with Gasteiger partial charge in [0, 0.05) is 19.6 Å². The van der Waals surface area contributed by atoms with Crippen molar-refractivity contribution in [2.75, 3.05) is 27.4 Å². The fourth-order valence-electron chi connectivity index (χ4n) is 3.33. The van der Waals surface area contributed by atoms with Gasteiger partial charge >= 0.3 is 0 Å². The highest BCUT2D eigenvalue weighted by Gasteiger charge is 2.27. The maximum Gasteiger partial charge on any atom is 0.255 e. The van der Waals surface area contributed by atoms with Crippen molar-refractivity contribution in [3.63, 3.8) is 0 Å². The van der Waals surface area contributed by atoms with Crippen molar-refractivity contribution in [1.82, 2.24) is 15.5 Å². The fourth-order valence-corrected chi connectivity index (χ4v) is 3.33. The lowest BCUT2D eigenvalue weighted by Gasteiger charge is -2.24. The van der Waals surface area contributed by atoms with Gasteiger partial charge in [0.15, 0.2) is 0 Å². The van der Waals surface area contributed by atoms with Crippen molar-refractivity contribution >= 4 is 5.91 Å². The van der Waals surface area contributed by atoms with E-state index in [2.05, 4.69) is 15.5 Å². The van der Waals surface area contributed by atoms with Crippen LogP contribution in [0.5, 0.6) is 5.75 Å². The van der Waals surface area contributed by atoms with Crippen LogP contribution in [0.3, 0.4) is 0 Å². The molecule has 140 valence electrons. The molecule has 3 atom stereocenters. The van der Waals surface area contributed by atoms with Crippen LogP contribution in [0, 0.1) is 0 Å². The van der Waals surface area contributed by atoms with Crippen LogP contribution in [0.4, 0.5) is 0 Å². The van der Waals surface area contributed by atoms with Gasteiger partial charge < -0.3 is 19.5 Å². The van der Waals surface area contributed by atoms with Crippen LogP contribution in [-0.2, 0) is 9.47 Å². The van der Waals surface area contributed by atoms with E-state index in [0.717, 1.165) is 23.4 Å². The molecule has 1 aliphatic rings. The largest absolute Gasteiger partial charge is 0.497 e. The van der Waals surface area contributed by atoms with Crippen molar-refractivity contribution in [1.29, 1.82) is 0 Å². The minimum atomic E-state index is -0.268. The molecular weight excluding hydrogens is 334 g/mol. The van der Waals surface area contributed by atoms with Crippen LogP contribution in [0.2, 0.25) is 0 Å². The number of amides is 1. The zero-order chi connectivity index (χ0) is 18.5. The first-order chi connectivity index (χ1) is 12.6. The molecule has 0 saturated carbocycles. The summed E-state index contributed by atoms with van der Waals surface area (Å²) in [6, 6.07) is 7.42. The fraction of sp³-hybridized carbons (Fsp3) is 0.474. The second kappa shape index (κ2) is 8.33. The van der Waals surface area contributed by atoms with Gasteiger partial charge in [0.05, 0.1) is 37.2 Å². The SMILES string of the molecule is COc1ccc(C(OC)C(C)NC(=O)c2cn[nH]c2C2CCOC2)cc1. The predicted octanol–water partition coefficient (Wildman–Crippen LogP) is 2.43. The van der Waals surface area contributed by atoms with E-state index in [-0.39, 0.29) is 24.0 Å². The minimum absolute atomic E-state index is 0.163. The summed E-state index contributed by atoms with van der Waals surface area (Å²) in [6.45, 7) is 3.25. The molecule has 3 rings (SSSR count). The molecule has 1 aromatic carbocycles. The molecule has 1 fully saturated rings. The first-order valence-electron chi connectivity index (χ1n) is 8.72. The molecule has 1 saturated heterocycles. The van der Waals surface area contributed by atoms with E-state index in [1.807, 2.05) is 31.2 Å². The molecule has 7 nitrogen and oxygen atoms in total. The van der Waals surface area contributed by atoms with Crippen LogP contribution < -0.4 is 10.1 Å². The Bertz CT molecular complexity index is 723. The molecule has 26 heavy (non-hydrogen) atoms. The first kappa shape index (κ1) is 18.4. The number of H-pyrrole nitrogens is 1. The Labute approximate surface area is 153 Å². The Hall–Kier alpha value is -2.38. The monoisotopic (exact) mass is 359 g/mol. The molecule has 1 aliphatic heterocycles. The predicted molar refractivity (Wildman–Crippen MR) is 96.4 cm³/mol. The van der Waals surface area contributed by atoms with E-state index >= 15 is 0 Å². The van der Waals surface area contributed by atoms with Crippen LogP contribution >= 0.6 is 0 Å². The van der Waals surface area contributed by atoms with Crippen molar-refractivity contribution in [3.8, 4) is 5.75 Å². The van der Waals surface area contributed by atoms with Gasteiger partial charge in [0.1, 0.15) is 11.9 Å². The first-order valence-corrected chi connectivity index (χ1v) is 8.72. The van der Waals surface area contributed by atoms with Crippen molar-refractivity contribution in [2.45, 2.75) is 31.4 Å². The molecule has 0 bridgehead atoms. The van der Waals surface area contributed by atoms with E-state index < -0.39 is 0 Å². The Morgan fingerprint density at radius 3 is 2.73 bits per heavy atom. The number of carbonyl (C=O) groups excluding carboxylic acids is 1. The number of hydrogen-bond acceptors (Lipinski definition) is 5. The second-order valence-electron chi connectivity index (χ2n) is 6.45.